The maximum Gasteiger partial charge on any atom is 0.222 e. The van der Waals surface area contributed by atoms with Crippen molar-refractivity contribution >= 4 is 11.8 Å². The van der Waals surface area contributed by atoms with Crippen molar-refractivity contribution in [3.8, 4) is 0 Å². The molecule has 0 radical (unpaired) electrons. The van der Waals surface area contributed by atoms with E-state index in [1.807, 2.05) is 11.8 Å². The van der Waals surface area contributed by atoms with Crippen molar-refractivity contribution in [1.82, 2.24) is 15.5 Å². The standard InChI is InChI=1S/C12H21N3O2/c1-2-11(17)15-7-6-13-8-12(9-15)5-3-4-10(16)14-12/h13H,2-9H2,1H3,(H,14,16). The first-order valence-electron chi connectivity index (χ1n) is 6.45. The van der Waals surface area contributed by atoms with Gasteiger partial charge >= 0.3 is 0 Å². The van der Waals surface area contributed by atoms with E-state index in [-0.39, 0.29) is 17.4 Å². The first kappa shape index (κ1) is 12.4. The lowest BCUT2D eigenvalue weighted by molar-refractivity contribution is -0.133. The zero-order valence-corrected chi connectivity index (χ0v) is 10.4. The fourth-order valence-electron chi connectivity index (χ4n) is 2.74. The number of carbonyl (C=O) groups excluding carboxylic acids is 2. The van der Waals surface area contributed by atoms with Crippen LogP contribution in [0.5, 0.6) is 0 Å². The second kappa shape index (κ2) is 5.04. The first-order valence-corrected chi connectivity index (χ1v) is 6.45. The largest absolute Gasteiger partial charge is 0.348 e. The smallest absolute Gasteiger partial charge is 0.222 e. The second-order valence-electron chi connectivity index (χ2n) is 5.03. The van der Waals surface area contributed by atoms with Gasteiger partial charge in [0.25, 0.3) is 0 Å². The number of piperidine rings is 1. The van der Waals surface area contributed by atoms with E-state index >= 15 is 0 Å². The van der Waals surface area contributed by atoms with Gasteiger partial charge in [-0.1, -0.05) is 6.92 Å². The molecule has 2 aliphatic rings. The number of nitrogens with zero attached hydrogens (tertiary/aromatic N) is 1. The van der Waals surface area contributed by atoms with Gasteiger partial charge in [-0.3, -0.25) is 9.59 Å². The molecule has 2 amide bonds. The SMILES string of the molecule is CCC(=O)N1CCNCC2(CCCC(=O)N2)C1. The Morgan fingerprint density at radius 1 is 1.53 bits per heavy atom. The highest BCUT2D eigenvalue weighted by molar-refractivity contribution is 5.79. The molecular weight excluding hydrogens is 218 g/mol. The summed E-state index contributed by atoms with van der Waals surface area (Å²) in [5, 5.41) is 6.41. The first-order chi connectivity index (χ1) is 8.15. The van der Waals surface area contributed by atoms with E-state index in [4.69, 9.17) is 0 Å². The molecule has 0 aromatic carbocycles. The minimum absolute atomic E-state index is 0.115. The van der Waals surface area contributed by atoms with Crippen molar-refractivity contribution in [2.75, 3.05) is 26.2 Å². The third-order valence-corrected chi connectivity index (χ3v) is 3.63. The van der Waals surface area contributed by atoms with Gasteiger partial charge in [0.2, 0.25) is 11.8 Å². The summed E-state index contributed by atoms with van der Waals surface area (Å²) in [7, 11) is 0. The molecule has 1 unspecified atom stereocenters. The summed E-state index contributed by atoms with van der Waals surface area (Å²) >= 11 is 0. The highest BCUT2D eigenvalue weighted by Gasteiger charge is 2.38. The zero-order valence-electron chi connectivity index (χ0n) is 10.4. The minimum Gasteiger partial charge on any atom is -0.348 e. The van der Waals surface area contributed by atoms with Crippen molar-refractivity contribution in [3.63, 3.8) is 0 Å². The van der Waals surface area contributed by atoms with Gasteiger partial charge in [0.05, 0.1) is 5.54 Å². The van der Waals surface area contributed by atoms with Gasteiger partial charge in [-0.2, -0.15) is 0 Å². The Morgan fingerprint density at radius 3 is 3.06 bits per heavy atom. The lowest BCUT2D eigenvalue weighted by Crippen LogP contribution is -2.61. The molecule has 96 valence electrons. The van der Waals surface area contributed by atoms with Gasteiger partial charge in [0, 0.05) is 39.0 Å². The molecule has 2 saturated heterocycles. The van der Waals surface area contributed by atoms with Crippen LogP contribution in [0, 0.1) is 0 Å². The average molecular weight is 239 g/mol. The van der Waals surface area contributed by atoms with Crippen molar-refractivity contribution in [1.29, 1.82) is 0 Å². The fourth-order valence-corrected chi connectivity index (χ4v) is 2.74. The molecule has 0 aromatic rings. The Bertz CT molecular complexity index is 319. The van der Waals surface area contributed by atoms with Gasteiger partial charge in [-0.15, -0.1) is 0 Å². The summed E-state index contributed by atoms with van der Waals surface area (Å²) in [6, 6.07) is 0. The van der Waals surface area contributed by atoms with E-state index in [0.29, 0.717) is 19.4 Å². The maximum atomic E-state index is 11.8. The van der Waals surface area contributed by atoms with Crippen LogP contribution >= 0.6 is 0 Å². The lowest BCUT2D eigenvalue weighted by atomic mass is 9.88. The molecule has 0 saturated carbocycles. The molecule has 1 spiro atoms. The zero-order chi connectivity index (χ0) is 12.3. The van der Waals surface area contributed by atoms with Crippen LogP contribution in [0.25, 0.3) is 0 Å². The van der Waals surface area contributed by atoms with Gasteiger partial charge in [0.15, 0.2) is 0 Å². The number of amides is 2. The molecule has 17 heavy (non-hydrogen) atoms. The van der Waals surface area contributed by atoms with E-state index in [0.717, 1.165) is 32.5 Å². The molecule has 1 atom stereocenters. The summed E-state index contributed by atoms with van der Waals surface area (Å²) in [4.78, 5) is 25.2. The van der Waals surface area contributed by atoms with Gasteiger partial charge in [-0.25, -0.2) is 0 Å². The monoisotopic (exact) mass is 239 g/mol. The Morgan fingerprint density at radius 2 is 2.35 bits per heavy atom. The molecule has 2 rings (SSSR count). The fraction of sp³-hybridized carbons (Fsp3) is 0.833. The molecule has 2 fully saturated rings. The topological polar surface area (TPSA) is 61.4 Å². The van der Waals surface area contributed by atoms with Crippen molar-refractivity contribution in [2.24, 2.45) is 0 Å². The van der Waals surface area contributed by atoms with Crippen LogP contribution in [0.15, 0.2) is 0 Å². The Balaban J connectivity index is 2.10. The predicted molar refractivity (Wildman–Crippen MR) is 64.5 cm³/mol. The van der Waals surface area contributed by atoms with E-state index < -0.39 is 0 Å². The van der Waals surface area contributed by atoms with Gasteiger partial charge in [0.1, 0.15) is 0 Å². The van der Waals surface area contributed by atoms with Crippen LogP contribution < -0.4 is 10.6 Å². The summed E-state index contributed by atoms with van der Waals surface area (Å²) in [6.07, 6.45) is 3.02. The van der Waals surface area contributed by atoms with E-state index in [1.54, 1.807) is 0 Å². The third-order valence-electron chi connectivity index (χ3n) is 3.63. The molecule has 0 aliphatic carbocycles. The number of nitrogens with one attached hydrogen (secondary N) is 2. The maximum absolute atomic E-state index is 11.8. The molecule has 5 heteroatoms. The molecule has 2 N–H and O–H groups in total. The van der Waals surface area contributed by atoms with Crippen LogP contribution in [0.2, 0.25) is 0 Å². The number of carbonyl (C=O) groups is 2. The quantitative estimate of drug-likeness (QED) is 0.670. The molecular formula is C12H21N3O2. The molecule has 5 nitrogen and oxygen atoms in total. The van der Waals surface area contributed by atoms with E-state index in [1.165, 1.54) is 0 Å². The van der Waals surface area contributed by atoms with Crippen LogP contribution in [-0.2, 0) is 9.59 Å². The Kier molecular flexibility index (Phi) is 3.66. The van der Waals surface area contributed by atoms with Crippen molar-refractivity contribution < 1.29 is 9.59 Å². The van der Waals surface area contributed by atoms with Crippen LogP contribution in [0.4, 0.5) is 0 Å². The number of rotatable bonds is 1. The lowest BCUT2D eigenvalue weighted by Gasteiger charge is -2.39. The second-order valence-corrected chi connectivity index (χ2v) is 5.03. The van der Waals surface area contributed by atoms with E-state index in [9.17, 15) is 9.59 Å². The molecule has 2 aliphatic heterocycles. The van der Waals surface area contributed by atoms with Gasteiger partial charge < -0.3 is 15.5 Å². The number of hydrogen-bond donors (Lipinski definition) is 2. The van der Waals surface area contributed by atoms with Crippen molar-refractivity contribution in [3.05, 3.63) is 0 Å². The normalized spacial score (nSPS) is 29.9. The number of hydrogen-bond acceptors (Lipinski definition) is 3. The van der Waals surface area contributed by atoms with Crippen LogP contribution in [0.3, 0.4) is 0 Å². The molecule has 0 bridgehead atoms. The Hall–Kier alpha value is -1.10. The highest BCUT2D eigenvalue weighted by Crippen LogP contribution is 2.22. The third kappa shape index (κ3) is 2.77. The molecule has 2 heterocycles. The minimum atomic E-state index is -0.239. The summed E-state index contributed by atoms with van der Waals surface area (Å²) in [5.74, 6) is 0.289. The Labute approximate surface area is 102 Å². The molecule has 0 aromatic heterocycles. The van der Waals surface area contributed by atoms with Crippen LogP contribution in [-0.4, -0.2) is 48.4 Å². The van der Waals surface area contributed by atoms with Crippen LogP contribution in [0.1, 0.15) is 32.6 Å². The van der Waals surface area contributed by atoms with Crippen molar-refractivity contribution in [2.45, 2.75) is 38.1 Å². The van der Waals surface area contributed by atoms with Gasteiger partial charge in [-0.05, 0) is 12.8 Å². The predicted octanol–water partition coefficient (Wildman–Crippen LogP) is -0.133. The summed E-state index contributed by atoms with van der Waals surface area (Å²) in [5.41, 5.74) is -0.239. The average Bonchev–Trinajstić information content (AvgIpc) is 2.51. The summed E-state index contributed by atoms with van der Waals surface area (Å²) < 4.78 is 0. The van der Waals surface area contributed by atoms with E-state index in [2.05, 4.69) is 10.6 Å². The summed E-state index contributed by atoms with van der Waals surface area (Å²) in [6.45, 7) is 4.85. The highest BCUT2D eigenvalue weighted by atomic mass is 16.2.